The maximum atomic E-state index is 9.09. The lowest BCUT2D eigenvalue weighted by molar-refractivity contribution is 0.318. The van der Waals surface area contributed by atoms with Crippen molar-refractivity contribution < 1.29 is 14.4 Å². The number of hydrogen-bond donors (Lipinski definition) is 1. The van der Waals surface area contributed by atoms with Crippen molar-refractivity contribution in [3.05, 3.63) is 51.9 Å². The molecule has 1 heterocycles. The quantitative estimate of drug-likeness (QED) is 0.530. The summed E-state index contributed by atoms with van der Waals surface area (Å²) in [6.07, 6.45) is 1.47. The molecule has 0 saturated carbocycles. The summed E-state index contributed by atoms with van der Waals surface area (Å²) in [7, 11) is 1.49. The van der Waals surface area contributed by atoms with Crippen LogP contribution < -0.4 is 4.74 Å². The van der Waals surface area contributed by atoms with Gasteiger partial charge in [-0.15, -0.1) is 0 Å². The monoisotopic (exact) mass is 285 g/mol. The van der Waals surface area contributed by atoms with E-state index in [4.69, 9.17) is 37.6 Å². The van der Waals surface area contributed by atoms with E-state index in [1.807, 2.05) is 0 Å². The summed E-state index contributed by atoms with van der Waals surface area (Å²) >= 11 is 12.2. The van der Waals surface area contributed by atoms with E-state index in [0.29, 0.717) is 17.1 Å². The van der Waals surface area contributed by atoms with Crippen molar-refractivity contribution >= 4 is 28.9 Å². The lowest BCUT2D eigenvalue weighted by Gasteiger charge is -2.09. The van der Waals surface area contributed by atoms with E-state index in [0.717, 1.165) is 0 Å². The third kappa shape index (κ3) is 2.17. The van der Waals surface area contributed by atoms with Crippen LogP contribution in [0.4, 0.5) is 0 Å². The van der Waals surface area contributed by atoms with Gasteiger partial charge in [-0.25, -0.2) is 0 Å². The minimum absolute atomic E-state index is 0.203. The molecule has 0 fully saturated rings. The van der Waals surface area contributed by atoms with Crippen LogP contribution in [0.15, 0.2) is 40.1 Å². The normalized spacial score (nSPS) is 11.6. The maximum Gasteiger partial charge on any atom is 0.156 e. The lowest BCUT2D eigenvalue weighted by Crippen LogP contribution is -2.03. The highest BCUT2D eigenvalue weighted by Crippen LogP contribution is 2.35. The van der Waals surface area contributed by atoms with Gasteiger partial charge >= 0.3 is 0 Å². The van der Waals surface area contributed by atoms with Gasteiger partial charge in [-0.1, -0.05) is 28.4 Å². The first-order valence-corrected chi connectivity index (χ1v) is 5.73. The van der Waals surface area contributed by atoms with E-state index in [2.05, 4.69) is 5.16 Å². The van der Waals surface area contributed by atoms with Crippen LogP contribution in [0.2, 0.25) is 10.0 Å². The fourth-order valence-corrected chi connectivity index (χ4v) is 2.01. The van der Waals surface area contributed by atoms with Crippen molar-refractivity contribution in [3.8, 4) is 5.75 Å². The summed E-state index contributed by atoms with van der Waals surface area (Å²) in [5.74, 6) is 0.836. The van der Waals surface area contributed by atoms with Crippen molar-refractivity contribution in [1.82, 2.24) is 0 Å². The molecule has 94 valence electrons. The molecule has 0 amide bonds. The third-order valence-electron chi connectivity index (χ3n) is 2.38. The second-order valence-electron chi connectivity index (χ2n) is 3.37. The largest absolute Gasteiger partial charge is 0.495 e. The van der Waals surface area contributed by atoms with Gasteiger partial charge in [0.25, 0.3) is 0 Å². The molecule has 0 aliphatic heterocycles. The van der Waals surface area contributed by atoms with Crippen LogP contribution in [0, 0.1) is 0 Å². The molecule has 0 radical (unpaired) electrons. The Morgan fingerprint density at radius 2 is 2.06 bits per heavy atom. The van der Waals surface area contributed by atoms with Crippen molar-refractivity contribution in [2.75, 3.05) is 7.11 Å². The average molecular weight is 286 g/mol. The van der Waals surface area contributed by atoms with Gasteiger partial charge in [0.15, 0.2) is 11.5 Å². The number of nitrogens with zero attached hydrogens (tertiary/aromatic N) is 1. The molecule has 1 aromatic heterocycles. The summed E-state index contributed by atoms with van der Waals surface area (Å²) in [6, 6.07) is 6.62. The second kappa shape index (κ2) is 5.33. The maximum absolute atomic E-state index is 9.09. The predicted molar refractivity (Wildman–Crippen MR) is 69.1 cm³/mol. The van der Waals surface area contributed by atoms with Crippen LogP contribution in [-0.4, -0.2) is 18.0 Å². The molecule has 1 aromatic carbocycles. The van der Waals surface area contributed by atoms with Gasteiger partial charge in [0.1, 0.15) is 10.8 Å². The highest BCUT2D eigenvalue weighted by molar-refractivity contribution is 6.45. The second-order valence-corrected chi connectivity index (χ2v) is 4.13. The molecule has 6 heteroatoms. The van der Waals surface area contributed by atoms with Crippen LogP contribution in [0.25, 0.3) is 0 Å². The van der Waals surface area contributed by atoms with E-state index < -0.39 is 0 Å². The first-order chi connectivity index (χ1) is 8.69. The molecule has 0 unspecified atom stereocenters. The van der Waals surface area contributed by atoms with Crippen molar-refractivity contribution in [3.63, 3.8) is 0 Å². The van der Waals surface area contributed by atoms with Crippen LogP contribution >= 0.6 is 23.2 Å². The zero-order valence-electron chi connectivity index (χ0n) is 9.35. The minimum atomic E-state index is 0.203. The Bertz CT molecular complexity index is 579. The molecular weight excluding hydrogens is 277 g/mol. The number of oxime groups is 1. The molecule has 0 aliphatic rings. The van der Waals surface area contributed by atoms with E-state index in [1.165, 1.54) is 13.4 Å². The highest BCUT2D eigenvalue weighted by Gasteiger charge is 2.18. The molecule has 0 aliphatic carbocycles. The smallest absolute Gasteiger partial charge is 0.156 e. The Kier molecular flexibility index (Phi) is 3.79. The number of ether oxygens (including phenoxy) is 1. The van der Waals surface area contributed by atoms with E-state index >= 15 is 0 Å². The molecule has 0 spiro atoms. The summed E-state index contributed by atoms with van der Waals surface area (Å²) in [4.78, 5) is 0. The molecule has 0 saturated heterocycles. The molecule has 18 heavy (non-hydrogen) atoms. The van der Waals surface area contributed by atoms with Gasteiger partial charge in [0.05, 0.1) is 18.4 Å². The summed E-state index contributed by atoms with van der Waals surface area (Å²) < 4.78 is 10.2. The Balaban J connectivity index is 2.55. The molecule has 0 bridgehead atoms. The van der Waals surface area contributed by atoms with Gasteiger partial charge in [0.2, 0.25) is 0 Å². The molecule has 0 atom stereocenters. The number of furan rings is 1. The minimum Gasteiger partial charge on any atom is -0.495 e. The summed E-state index contributed by atoms with van der Waals surface area (Å²) in [5, 5.41) is 12.8. The van der Waals surface area contributed by atoms with E-state index in [1.54, 1.807) is 24.3 Å². The van der Waals surface area contributed by atoms with Gasteiger partial charge in [-0.05, 0) is 24.3 Å². The first-order valence-electron chi connectivity index (χ1n) is 4.97. The molecule has 4 nitrogen and oxygen atoms in total. The lowest BCUT2D eigenvalue weighted by atomic mass is 10.1. The predicted octanol–water partition coefficient (Wildman–Crippen LogP) is 3.82. The average Bonchev–Trinajstić information content (AvgIpc) is 2.89. The Labute approximate surface area is 113 Å². The Hall–Kier alpha value is -1.65. The first kappa shape index (κ1) is 12.8. The highest BCUT2D eigenvalue weighted by atomic mass is 35.5. The molecule has 1 N–H and O–H groups in total. The van der Waals surface area contributed by atoms with Gasteiger partial charge in [-0.2, -0.15) is 0 Å². The third-order valence-corrected chi connectivity index (χ3v) is 3.24. The summed E-state index contributed by atoms with van der Waals surface area (Å²) in [5.41, 5.74) is 0.662. The zero-order valence-corrected chi connectivity index (χ0v) is 10.9. The van der Waals surface area contributed by atoms with Crippen LogP contribution in [0.5, 0.6) is 5.75 Å². The Morgan fingerprint density at radius 1 is 1.28 bits per heavy atom. The van der Waals surface area contributed by atoms with Crippen LogP contribution in [0.3, 0.4) is 0 Å². The van der Waals surface area contributed by atoms with Crippen LogP contribution in [0.1, 0.15) is 11.3 Å². The summed E-state index contributed by atoms with van der Waals surface area (Å²) in [6.45, 7) is 0. The fourth-order valence-electron chi connectivity index (χ4n) is 1.52. The number of hydrogen-bond acceptors (Lipinski definition) is 4. The number of halogens is 2. The van der Waals surface area contributed by atoms with Crippen molar-refractivity contribution in [1.29, 1.82) is 0 Å². The molecular formula is C12H9Cl2NO3. The topological polar surface area (TPSA) is 55.0 Å². The van der Waals surface area contributed by atoms with Crippen molar-refractivity contribution in [2.45, 2.75) is 0 Å². The zero-order chi connectivity index (χ0) is 13.1. The molecule has 2 aromatic rings. The van der Waals surface area contributed by atoms with E-state index in [9.17, 15) is 0 Å². The van der Waals surface area contributed by atoms with Gasteiger partial charge in [0, 0.05) is 5.56 Å². The van der Waals surface area contributed by atoms with Crippen molar-refractivity contribution in [2.24, 2.45) is 5.16 Å². The SMILES string of the molecule is COc1ccc(/C(=N/O)c2ccco2)c(Cl)c1Cl. The fraction of sp³-hybridized carbons (Fsp3) is 0.0833. The number of benzene rings is 1. The van der Waals surface area contributed by atoms with Gasteiger partial charge < -0.3 is 14.4 Å². The Morgan fingerprint density at radius 3 is 2.61 bits per heavy atom. The number of rotatable bonds is 3. The van der Waals surface area contributed by atoms with Gasteiger partial charge in [-0.3, -0.25) is 0 Å². The van der Waals surface area contributed by atoms with Crippen LogP contribution in [-0.2, 0) is 0 Å². The molecule has 2 rings (SSSR count). The number of methoxy groups -OCH3 is 1. The van der Waals surface area contributed by atoms with E-state index in [-0.39, 0.29) is 15.8 Å². The standard InChI is InChI=1S/C12H9Cl2NO3/c1-17-8-5-4-7(10(13)11(8)14)12(15-16)9-3-2-6-18-9/h2-6,16H,1H3/b15-12-.